The van der Waals surface area contributed by atoms with Crippen molar-refractivity contribution in [3.63, 3.8) is 0 Å². The maximum Gasteiger partial charge on any atom is 0.0273 e. The zero-order chi connectivity index (χ0) is 8.65. The summed E-state index contributed by atoms with van der Waals surface area (Å²) in [4.78, 5) is 1.40. The van der Waals surface area contributed by atoms with Crippen LogP contribution in [-0.2, 0) is 0 Å². The molecule has 1 heteroatoms. The topological polar surface area (TPSA) is 0 Å². The van der Waals surface area contributed by atoms with Gasteiger partial charge in [0.2, 0.25) is 0 Å². The molecule has 1 aliphatic rings. The minimum atomic E-state index is 0.905. The summed E-state index contributed by atoms with van der Waals surface area (Å²) in [7, 11) is 0. The van der Waals surface area contributed by atoms with Gasteiger partial charge in [-0.25, -0.2) is 0 Å². The van der Waals surface area contributed by atoms with Crippen LogP contribution in [-0.4, -0.2) is 5.75 Å². The van der Waals surface area contributed by atoms with Gasteiger partial charge in [0.15, 0.2) is 0 Å². The molecular weight excluding hydrogens is 164 g/mol. The monoisotopic (exact) mass is 178 g/mol. The molecule has 0 bridgehead atoms. The Morgan fingerprint density at radius 2 is 2.42 bits per heavy atom. The van der Waals surface area contributed by atoms with Crippen molar-refractivity contribution in [2.45, 2.75) is 26.2 Å². The van der Waals surface area contributed by atoms with Crippen LogP contribution < -0.4 is 0 Å². The third-order valence-corrected chi connectivity index (χ3v) is 2.80. The van der Waals surface area contributed by atoms with Crippen molar-refractivity contribution in [2.75, 3.05) is 5.75 Å². The highest BCUT2D eigenvalue weighted by Crippen LogP contribution is 2.20. The molecule has 0 nitrogen and oxygen atoms in total. The fraction of sp³-hybridized carbons (Fsp3) is 0.455. The zero-order valence-corrected chi connectivity index (χ0v) is 8.29. The third-order valence-electron chi connectivity index (χ3n) is 1.53. The minimum Gasteiger partial charge on any atom is -0.130 e. The Balaban J connectivity index is 2.47. The summed E-state index contributed by atoms with van der Waals surface area (Å²) in [5.41, 5.74) is 0. The van der Waals surface area contributed by atoms with Crippen LogP contribution in [0.3, 0.4) is 0 Å². The highest BCUT2D eigenvalue weighted by molar-refractivity contribution is 8.03. The molecule has 0 aromatic rings. The van der Waals surface area contributed by atoms with Crippen molar-refractivity contribution in [3.05, 3.63) is 23.1 Å². The Kier molecular flexibility index (Phi) is 4.71. The predicted molar refractivity (Wildman–Crippen MR) is 57.0 cm³/mol. The second-order valence-electron chi connectivity index (χ2n) is 2.66. The lowest BCUT2D eigenvalue weighted by Crippen LogP contribution is -1.80. The van der Waals surface area contributed by atoms with Gasteiger partial charge in [-0.2, -0.15) is 0 Å². The summed E-state index contributed by atoms with van der Waals surface area (Å²) < 4.78 is 0. The van der Waals surface area contributed by atoms with Crippen LogP contribution in [0, 0.1) is 11.8 Å². The first-order chi connectivity index (χ1) is 5.93. The fourth-order valence-corrected chi connectivity index (χ4v) is 1.75. The molecule has 0 aromatic heterocycles. The van der Waals surface area contributed by atoms with E-state index in [1.165, 1.54) is 17.1 Å². The number of allylic oxidation sites excluding steroid dienone is 4. The molecule has 1 aliphatic carbocycles. The van der Waals surface area contributed by atoms with Gasteiger partial charge < -0.3 is 0 Å². The van der Waals surface area contributed by atoms with Crippen molar-refractivity contribution in [3.8, 4) is 11.8 Å². The maximum absolute atomic E-state index is 3.07. The quantitative estimate of drug-likeness (QED) is 0.471. The van der Waals surface area contributed by atoms with E-state index in [0.717, 1.165) is 12.8 Å². The summed E-state index contributed by atoms with van der Waals surface area (Å²) in [6.45, 7) is 2.21. The van der Waals surface area contributed by atoms with E-state index < -0.39 is 0 Å². The number of thioether (sulfide) groups is 1. The fourth-order valence-electron chi connectivity index (χ4n) is 0.925. The molecule has 0 atom stereocenters. The molecule has 0 saturated carbocycles. The largest absolute Gasteiger partial charge is 0.130 e. The Labute approximate surface area is 79.1 Å². The predicted octanol–water partition coefficient (Wildman–Crippen LogP) is 3.37. The first kappa shape index (κ1) is 9.48. The summed E-state index contributed by atoms with van der Waals surface area (Å²) in [6.07, 6.45) is 9.62. The zero-order valence-electron chi connectivity index (χ0n) is 7.47. The molecule has 0 spiro atoms. The van der Waals surface area contributed by atoms with Gasteiger partial charge in [0.1, 0.15) is 0 Å². The van der Waals surface area contributed by atoms with E-state index in [1.54, 1.807) is 0 Å². The van der Waals surface area contributed by atoms with Crippen LogP contribution in [0.5, 0.6) is 0 Å². The van der Waals surface area contributed by atoms with Gasteiger partial charge in [-0.1, -0.05) is 30.9 Å². The molecule has 0 unspecified atom stereocenters. The standard InChI is InChI=1S/C11H14S/c1-2-10-12-11-8-6-4-3-5-7-9-11/h4,6,9H,2-3,8,10H2,1H3/b6-4-,11-9+. The smallest absolute Gasteiger partial charge is 0.0273 e. The van der Waals surface area contributed by atoms with Gasteiger partial charge in [-0.3, -0.25) is 0 Å². The molecule has 0 aromatic carbocycles. The second-order valence-corrected chi connectivity index (χ2v) is 3.88. The van der Waals surface area contributed by atoms with Crippen LogP contribution in [0.2, 0.25) is 0 Å². The number of hydrogen-bond donors (Lipinski definition) is 0. The number of rotatable bonds is 3. The van der Waals surface area contributed by atoms with Crippen LogP contribution in [0.1, 0.15) is 26.2 Å². The molecule has 64 valence electrons. The van der Waals surface area contributed by atoms with Crippen molar-refractivity contribution in [2.24, 2.45) is 0 Å². The molecule has 0 N–H and O–H groups in total. The van der Waals surface area contributed by atoms with E-state index in [-0.39, 0.29) is 0 Å². The highest BCUT2D eigenvalue weighted by atomic mass is 32.2. The lowest BCUT2D eigenvalue weighted by atomic mass is 10.2. The van der Waals surface area contributed by atoms with Crippen molar-refractivity contribution in [1.82, 2.24) is 0 Å². The van der Waals surface area contributed by atoms with Crippen LogP contribution in [0.25, 0.3) is 0 Å². The molecule has 0 aliphatic heterocycles. The van der Waals surface area contributed by atoms with Crippen molar-refractivity contribution >= 4 is 11.8 Å². The van der Waals surface area contributed by atoms with Gasteiger partial charge in [0.05, 0.1) is 0 Å². The van der Waals surface area contributed by atoms with Crippen LogP contribution in [0.4, 0.5) is 0 Å². The minimum absolute atomic E-state index is 0.905. The van der Waals surface area contributed by atoms with Gasteiger partial charge in [-0.05, 0) is 29.6 Å². The summed E-state index contributed by atoms with van der Waals surface area (Å²) in [6, 6.07) is 0. The van der Waals surface area contributed by atoms with Crippen LogP contribution in [0.15, 0.2) is 23.1 Å². The van der Waals surface area contributed by atoms with Crippen LogP contribution >= 0.6 is 11.8 Å². The van der Waals surface area contributed by atoms with E-state index in [2.05, 4.69) is 37.0 Å². The lowest BCUT2D eigenvalue weighted by Gasteiger charge is -2.01. The molecule has 0 heterocycles. The molecule has 0 amide bonds. The second kappa shape index (κ2) is 5.97. The van der Waals surface area contributed by atoms with Crippen molar-refractivity contribution < 1.29 is 0 Å². The normalized spacial score (nSPS) is 22.6. The lowest BCUT2D eigenvalue weighted by molar-refractivity contribution is 1.11. The van der Waals surface area contributed by atoms with E-state index in [9.17, 15) is 0 Å². The van der Waals surface area contributed by atoms with E-state index in [4.69, 9.17) is 0 Å². The Hall–Kier alpha value is -0.610. The summed E-state index contributed by atoms with van der Waals surface area (Å²) in [5, 5.41) is 0. The highest BCUT2D eigenvalue weighted by Gasteiger charge is 1.94. The molecule has 12 heavy (non-hydrogen) atoms. The summed E-state index contributed by atoms with van der Waals surface area (Å²) in [5.74, 6) is 7.34. The Bertz CT molecular complexity index is 237. The Morgan fingerprint density at radius 1 is 1.50 bits per heavy atom. The van der Waals surface area contributed by atoms with E-state index in [1.807, 2.05) is 11.8 Å². The molecule has 0 fully saturated rings. The SMILES string of the molecule is CCCS/C1=C/C#CC/C=C\C1. The van der Waals surface area contributed by atoms with E-state index >= 15 is 0 Å². The molecule has 0 radical (unpaired) electrons. The van der Waals surface area contributed by atoms with Gasteiger partial charge in [-0.15, -0.1) is 11.8 Å². The van der Waals surface area contributed by atoms with Gasteiger partial charge in [0.25, 0.3) is 0 Å². The molecular formula is C11H14S. The van der Waals surface area contributed by atoms with Crippen molar-refractivity contribution in [1.29, 1.82) is 0 Å². The Morgan fingerprint density at radius 3 is 3.25 bits per heavy atom. The first-order valence-corrected chi connectivity index (χ1v) is 5.37. The van der Waals surface area contributed by atoms with Gasteiger partial charge in [0, 0.05) is 6.42 Å². The molecule has 0 saturated heterocycles. The average molecular weight is 178 g/mol. The van der Waals surface area contributed by atoms with E-state index in [0.29, 0.717) is 0 Å². The summed E-state index contributed by atoms with van der Waals surface area (Å²) >= 11 is 1.93. The molecule has 1 rings (SSSR count). The third kappa shape index (κ3) is 3.69. The number of hydrogen-bond acceptors (Lipinski definition) is 1. The first-order valence-electron chi connectivity index (χ1n) is 4.38. The van der Waals surface area contributed by atoms with Gasteiger partial charge >= 0.3 is 0 Å². The maximum atomic E-state index is 3.07. The average Bonchev–Trinajstić information content (AvgIpc) is 2.02.